The SMILES string of the molecule is Cc1ccc(C(OC[C@H]2O[C@@H](n3cc(C)c(=O)[nH]c3=O)C[C@@H]2OP2OC(CC#N)Cc3cc4ccccc4n32)(c2ccccc2)c2ccc(C)cc2)cc1. The number of ether oxygens (including phenoxy) is 2. The minimum Gasteiger partial charge on any atom is -0.358 e. The lowest BCUT2D eigenvalue weighted by Gasteiger charge is -2.38. The van der Waals surface area contributed by atoms with Crippen molar-refractivity contribution in [3.05, 3.63) is 175 Å². The third kappa shape index (κ3) is 6.75. The lowest BCUT2D eigenvalue weighted by Crippen LogP contribution is -2.39. The Morgan fingerprint density at radius 3 is 2.22 bits per heavy atom. The van der Waals surface area contributed by atoms with Gasteiger partial charge < -0.3 is 18.5 Å². The second kappa shape index (κ2) is 14.9. The molecule has 6 aromatic rings. The third-order valence-electron chi connectivity index (χ3n) is 10.3. The van der Waals surface area contributed by atoms with Crippen LogP contribution in [0, 0.1) is 32.1 Å². The van der Waals surface area contributed by atoms with E-state index in [0.717, 1.165) is 44.4 Å². The summed E-state index contributed by atoms with van der Waals surface area (Å²) in [6.07, 6.45) is 0.253. The van der Waals surface area contributed by atoms with E-state index in [2.05, 4.69) is 102 Å². The number of H-pyrrole nitrogens is 1. The van der Waals surface area contributed by atoms with Crippen molar-refractivity contribution in [2.45, 2.75) is 70.2 Å². The summed E-state index contributed by atoms with van der Waals surface area (Å²) in [4.78, 5) is 28.0. The van der Waals surface area contributed by atoms with Crippen LogP contribution >= 0.6 is 8.53 Å². The van der Waals surface area contributed by atoms with Crippen LogP contribution in [-0.4, -0.2) is 38.8 Å². The van der Waals surface area contributed by atoms with Crippen LogP contribution < -0.4 is 11.2 Å². The van der Waals surface area contributed by atoms with Gasteiger partial charge >= 0.3 is 5.69 Å². The van der Waals surface area contributed by atoms with Crippen LogP contribution in [0.25, 0.3) is 10.9 Å². The molecule has 2 unspecified atom stereocenters. The molecule has 0 spiro atoms. The molecule has 10 nitrogen and oxygen atoms in total. The smallest absolute Gasteiger partial charge is 0.330 e. The number of para-hydroxylation sites is 1. The molecule has 0 amide bonds. The van der Waals surface area contributed by atoms with E-state index < -0.39 is 43.8 Å². The van der Waals surface area contributed by atoms with Gasteiger partial charge in [0.25, 0.3) is 14.1 Å². The van der Waals surface area contributed by atoms with Gasteiger partial charge in [0.15, 0.2) is 0 Å². The minimum absolute atomic E-state index is 0.0823. The molecular formula is C43H41N4O6P. The average Bonchev–Trinajstić information content (AvgIpc) is 3.76. The summed E-state index contributed by atoms with van der Waals surface area (Å²) in [6, 6.07) is 39.4. The maximum Gasteiger partial charge on any atom is 0.330 e. The number of hydrogen-bond acceptors (Lipinski definition) is 7. The largest absolute Gasteiger partial charge is 0.358 e. The Bertz CT molecular complexity index is 2390. The fraction of sp³-hybridized carbons (Fsp3) is 0.279. The van der Waals surface area contributed by atoms with Gasteiger partial charge in [-0.2, -0.15) is 5.26 Å². The number of aromatic nitrogens is 3. The van der Waals surface area contributed by atoms with E-state index in [1.807, 2.05) is 36.4 Å². The molecule has 5 atom stereocenters. The molecule has 274 valence electrons. The Kier molecular flexibility index (Phi) is 9.93. The van der Waals surface area contributed by atoms with Crippen molar-refractivity contribution in [2.75, 3.05) is 6.61 Å². The van der Waals surface area contributed by atoms with E-state index in [-0.39, 0.29) is 25.6 Å². The molecule has 2 aliphatic heterocycles. The van der Waals surface area contributed by atoms with Gasteiger partial charge in [-0.05, 0) is 49.6 Å². The molecule has 1 fully saturated rings. The molecule has 0 bridgehead atoms. The normalized spacial score (nSPS) is 21.2. The van der Waals surface area contributed by atoms with Crippen molar-refractivity contribution in [1.82, 2.24) is 13.9 Å². The predicted molar refractivity (Wildman–Crippen MR) is 207 cm³/mol. The van der Waals surface area contributed by atoms with Crippen LogP contribution in [0.5, 0.6) is 0 Å². The van der Waals surface area contributed by atoms with Crippen LogP contribution in [-0.2, 0) is 30.5 Å². The number of benzene rings is 4. The average molecular weight is 741 g/mol. The summed E-state index contributed by atoms with van der Waals surface area (Å²) in [5.74, 6) is 0. The predicted octanol–water partition coefficient (Wildman–Crippen LogP) is 7.73. The van der Waals surface area contributed by atoms with Crippen molar-refractivity contribution in [3.8, 4) is 6.07 Å². The van der Waals surface area contributed by atoms with Crippen molar-refractivity contribution in [3.63, 3.8) is 0 Å². The van der Waals surface area contributed by atoms with Crippen LogP contribution in [0.1, 0.15) is 58.1 Å². The number of nitrogens with zero attached hydrogens (tertiary/aromatic N) is 3. The topological polar surface area (TPSA) is 120 Å². The van der Waals surface area contributed by atoms with Crippen molar-refractivity contribution >= 4 is 19.4 Å². The quantitative estimate of drug-likeness (QED) is 0.113. The Hall–Kier alpha value is -5.14. The third-order valence-corrected chi connectivity index (χ3v) is 12.1. The van der Waals surface area contributed by atoms with Crippen LogP contribution in [0.2, 0.25) is 0 Å². The Morgan fingerprint density at radius 2 is 1.54 bits per heavy atom. The number of nitriles is 1. The highest BCUT2D eigenvalue weighted by Crippen LogP contribution is 2.53. The summed E-state index contributed by atoms with van der Waals surface area (Å²) in [6.45, 7) is 5.86. The first-order valence-electron chi connectivity index (χ1n) is 18.1. The van der Waals surface area contributed by atoms with E-state index in [1.54, 1.807) is 6.92 Å². The van der Waals surface area contributed by atoms with E-state index in [4.69, 9.17) is 18.5 Å². The highest BCUT2D eigenvalue weighted by atomic mass is 31.2. The van der Waals surface area contributed by atoms with Gasteiger partial charge in [-0.1, -0.05) is 108 Å². The molecule has 2 aliphatic rings. The van der Waals surface area contributed by atoms with Crippen molar-refractivity contribution in [2.24, 2.45) is 0 Å². The van der Waals surface area contributed by atoms with Crippen molar-refractivity contribution < 1.29 is 18.5 Å². The van der Waals surface area contributed by atoms with Gasteiger partial charge in [-0.3, -0.25) is 18.7 Å². The number of fused-ring (bicyclic) bond motifs is 3. The molecule has 54 heavy (non-hydrogen) atoms. The molecule has 0 radical (unpaired) electrons. The van der Waals surface area contributed by atoms with E-state index in [1.165, 1.54) is 10.8 Å². The first-order valence-corrected chi connectivity index (χ1v) is 19.3. The van der Waals surface area contributed by atoms with Gasteiger partial charge in [-0.15, -0.1) is 0 Å². The number of hydrogen-bond donors (Lipinski definition) is 1. The fourth-order valence-electron chi connectivity index (χ4n) is 7.52. The molecule has 1 N–H and O–H groups in total. The van der Waals surface area contributed by atoms with E-state index in [0.29, 0.717) is 12.0 Å². The zero-order valence-electron chi connectivity index (χ0n) is 30.3. The lowest BCUT2D eigenvalue weighted by molar-refractivity contribution is -0.0922. The van der Waals surface area contributed by atoms with Crippen LogP contribution in [0.15, 0.2) is 125 Å². The van der Waals surface area contributed by atoms with Crippen LogP contribution in [0.3, 0.4) is 0 Å². The highest BCUT2D eigenvalue weighted by molar-refractivity contribution is 7.46. The summed E-state index contributed by atoms with van der Waals surface area (Å²) < 4.78 is 31.1. The Labute approximate surface area is 314 Å². The zero-order valence-corrected chi connectivity index (χ0v) is 31.2. The molecular weight excluding hydrogens is 699 g/mol. The molecule has 1 saturated heterocycles. The Morgan fingerprint density at radius 1 is 0.889 bits per heavy atom. The number of aryl methyl sites for hydroxylation is 3. The molecule has 0 saturated carbocycles. The van der Waals surface area contributed by atoms with Gasteiger partial charge in [0.2, 0.25) is 0 Å². The lowest BCUT2D eigenvalue weighted by atomic mass is 9.79. The summed E-state index contributed by atoms with van der Waals surface area (Å²) in [7, 11) is -1.74. The van der Waals surface area contributed by atoms with E-state index in [9.17, 15) is 14.9 Å². The number of nitrogens with one attached hydrogen (secondary N) is 1. The second-order valence-electron chi connectivity index (χ2n) is 14.1. The van der Waals surface area contributed by atoms with Crippen molar-refractivity contribution in [1.29, 1.82) is 5.26 Å². The molecule has 8 rings (SSSR count). The second-order valence-corrected chi connectivity index (χ2v) is 15.4. The van der Waals surface area contributed by atoms with E-state index >= 15 is 0 Å². The zero-order chi connectivity index (χ0) is 37.4. The minimum atomic E-state index is -1.74. The molecule has 4 aromatic carbocycles. The maximum atomic E-state index is 13.2. The summed E-state index contributed by atoms with van der Waals surface area (Å²) in [5.41, 5.74) is 5.45. The number of rotatable bonds is 10. The first-order chi connectivity index (χ1) is 26.2. The molecule has 11 heteroatoms. The Balaban J connectivity index is 1.21. The standard InChI is InChI=1S/C43H41N4O6P/c1-28-13-17-33(18-14-28)43(32-10-5-4-6-11-32,34-19-15-29(2)16-20-34)50-27-39-38(25-40(51-39)46-26-30(3)41(48)45-42(46)49)53-54-47-35(24-36(52-54)21-22-44)23-31-9-7-8-12-37(31)47/h4-20,23,26,36,38-40H,21,24-25,27H2,1-3H3,(H,45,48,49)/t36?,38-,39+,40+,54?/m0/s1. The fourth-order valence-corrected chi connectivity index (χ4v) is 9.32. The van der Waals surface area contributed by atoms with Gasteiger partial charge in [-0.25, -0.2) is 4.79 Å². The van der Waals surface area contributed by atoms with Gasteiger partial charge in [0, 0.05) is 35.7 Å². The molecule has 0 aliphatic carbocycles. The maximum absolute atomic E-state index is 13.2. The summed E-state index contributed by atoms with van der Waals surface area (Å²) >= 11 is 0. The first kappa shape index (κ1) is 35.9. The van der Waals surface area contributed by atoms with Crippen LogP contribution in [0.4, 0.5) is 0 Å². The van der Waals surface area contributed by atoms with Gasteiger partial charge in [0.05, 0.1) is 36.8 Å². The van der Waals surface area contributed by atoms with Gasteiger partial charge in [0.1, 0.15) is 17.9 Å². The number of aromatic amines is 1. The molecule has 4 heterocycles. The highest BCUT2D eigenvalue weighted by Gasteiger charge is 2.45. The summed E-state index contributed by atoms with van der Waals surface area (Å²) in [5, 5.41) is 10.7. The monoisotopic (exact) mass is 740 g/mol. The molecule has 2 aromatic heterocycles.